The summed E-state index contributed by atoms with van der Waals surface area (Å²) in [7, 11) is 0. The van der Waals surface area contributed by atoms with Gasteiger partial charge >= 0.3 is 0 Å². The first kappa shape index (κ1) is 11.3. The van der Waals surface area contributed by atoms with Gasteiger partial charge in [-0.1, -0.05) is 12.8 Å². The number of aryl methyl sites for hydroxylation is 1. The second-order valence-electron chi connectivity index (χ2n) is 4.42. The van der Waals surface area contributed by atoms with E-state index < -0.39 is 0 Å². The Morgan fingerprint density at radius 2 is 2.19 bits per heavy atom. The molecular formula is C12H20N4. The van der Waals surface area contributed by atoms with Crippen LogP contribution >= 0.6 is 0 Å². The van der Waals surface area contributed by atoms with Gasteiger partial charge in [-0.05, 0) is 19.8 Å². The van der Waals surface area contributed by atoms with Crippen molar-refractivity contribution in [3.63, 3.8) is 0 Å². The van der Waals surface area contributed by atoms with Gasteiger partial charge < -0.3 is 11.1 Å². The summed E-state index contributed by atoms with van der Waals surface area (Å²) in [6, 6.07) is 0. The lowest BCUT2D eigenvalue weighted by Crippen LogP contribution is -2.15. The number of hydrogen-bond donors (Lipinski definition) is 2. The molecule has 16 heavy (non-hydrogen) atoms. The number of nitrogens with two attached hydrogens (primary N) is 1. The van der Waals surface area contributed by atoms with Crippen LogP contribution in [0.2, 0.25) is 0 Å². The predicted octanol–water partition coefficient (Wildman–Crippen LogP) is 1.81. The van der Waals surface area contributed by atoms with Crippen LogP contribution in [0.5, 0.6) is 0 Å². The minimum Gasteiger partial charge on any atom is -0.381 e. The zero-order chi connectivity index (χ0) is 11.4. The summed E-state index contributed by atoms with van der Waals surface area (Å²) in [5.74, 6) is 1.61. The molecule has 3 N–H and O–H groups in total. The summed E-state index contributed by atoms with van der Waals surface area (Å²) >= 11 is 0. The average Bonchev–Trinajstić information content (AvgIpc) is 2.81. The van der Waals surface area contributed by atoms with Gasteiger partial charge in [0.25, 0.3) is 0 Å². The third-order valence-electron chi connectivity index (χ3n) is 3.18. The highest BCUT2D eigenvalue weighted by Crippen LogP contribution is 2.32. The Morgan fingerprint density at radius 1 is 1.44 bits per heavy atom. The second-order valence-corrected chi connectivity index (χ2v) is 4.42. The maximum Gasteiger partial charge on any atom is 0.131 e. The summed E-state index contributed by atoms with van der Waals surface area (Å²) in [4.78, 5) is 9.05. The normalized spacial score (nSPS) is 16.6. The van der Waals surface area contributed by atoms with Crippen LogP contribution in [0.3, 0.4) is 0 Å². The van der Waals surface area contributed by atoms with Gasteiger partial charge in [-0.2, -0.15) is 0 Å². The van der Waals surface area contributed by atoms with E-state index in [1.165, 1.54) is 25.7 Å². The third kappa shape index (κ3) is 2.50. The number of hydrogen-bond acceptors (Lipinski definition) is 4. The van der Waals surface area contributed by atoms with Crippen LogP contribution in [0.15, 0.2) is 6.20 Å². The van der Waals surface area contributed by atoms with Crippen molar-refractivity contribution in [3.8, 4) is 0 Å². The monoisotopic (exact) mass is 220 g/mol. The van der Waals surface area contributed by atoms with Crippen LogP contribution in [-0.2, 0) is 0 Å². The standard InChI is InChI=1S/C12H20N4/c1-9-11(14-7-6-13)8-15-12(16-9)10-4-2-3-5-10/h8,10,14H,2-7,13H2,1H3. The van der Waals surface area contributed by atoms with Crippen LogP contribution in [0.1, 0.15) is 43.1 Å². The number of anilines is 1. The molecule has 4 nitrogen and oxygen atoms in total. The van der Waals surface area contributed by atoms with E-state index in [-0.39, 0.29) is 0 Å². The lowest BCUT2D eigenvalue weighted by molar-refractivity contribution is 0.664. The maximum absolute atomic E-state index is 5.45. The Balaban J connectivity index is 2.09. The molecule has 2 rings (SSSR count). The third-order valence-corrected chi connectivity index (χ3v) is 3.18. The fourth-order valence-electron chi connectivity index (χ4n) is 2.25. The molecule has 1 heterocycles. The van der Waals surface area contributed by atoms with Crippen molar-refractivity contribution in [1.29, 1.82) is 0 Å². The molecule has 88 valence electrons. The van der Waals surface area contributed by atoms with Crippen molar-refractivity contribution in [2.75, 3.05) is 18.4 Å². The van der Waals surface area contributed by atoms with Gasteiger partial charge in [0, 0.05) is 19.0 Å². The van der Waals surface area contributed by atoms with Gasteiger partial charge in [-0.25, -0.2) is 9.97 Å². The predicted molar refractivity (Wildman–Crippen MR) is 65.5 cm³/mol. The fraction of sp³-hybridized carbons (Fsp3) is 0.667. The van der Waals surface area contributed by atoms with Crippen LogP contribution in [0, 0.1) is 6.92 Å². The van der Waals surface area contributed by atoms with Crippen molar-refractivity contribution in [3.05, 3.63) is 17.7 Å². The van der Waals surface area contributed by atoms with Gasteiger partial charge in [-0.15, -0.1) is 0 Å². The van der Waals surface area contributed by atoms with E-state index in [1.807, 2.05) is 13.1 Å². The summed E-state index contributed by atoms with van der Waals surface area (Å²) in [5, 5.41) is 3.23. The van der Waals surface area contributed by atoms with E-state index in [4.69, 9.17) is 5.73 Å². The summed E-state index contributed by atoms with van der Waals surface area (Å²) in [6.45, 7) is 3.43. The Kier molecular flexibility index (Phi) is 3.72. The van der Waals surface area contributed by atoms with E-state index >= 15 is 0 Å². The summed E-state index contributed by atoms with van der Waals surface area (Å²) in [6.07, 6.45) is 7.02. The lowest BCUT2D eigenvalue weighted by Gasteiger charge is -2.11. The van der Waals surface area contributed by atoms with E-state index in [0.717, 1.165) is 23.8 Å². The molecule has 0 unspecified atom stereocenters. The van der Waals surface area contributed by atoms with Gasteiger partial charge in [0.05, 0.1) is 17.6 Å². The van der Waals surface area contributed by atoms with E-state index in [2.05, 4.69) is 15.3 Å². The van der Waals surface area contributed by atoms with Gasteiger partial charge in [0.15, 0.2) is 0 Å². The molecule has 0 aliphatic heterocycles. The highest BCUT2D eigenvalue weighted by Gasteiger charge is 2.20. The first-order valence-electron chi connectivity index (χ1n) is 6.08. The van der Waals surface area contributed by atoms with Crippen LogP contribution in [-0.4, -0.2) is 23.1 Å². The molecule has 0 bridgehead atoms. The molecule has 0 spiro atoms. The van der Waals surface area contributed by atoms with Gasteiger partial charge in [0.2, 0.25) is 0 Å². The number of rotatable bonds is 4. The SMILES string of the molecule is Cc1nc(C2CCCC2)ncc1NCCN. The minimum atomic E-state index is 0.585. The molecule has 1 fully saturated rings. The molecular weight excluding hydrogens is 200 g/mol. The minimum absolute atomic E-state index is 0.585. The molecule has 1 aliphatic rings. The Bertz CT molecular complexity index is 345. The zero-order valence-corrected chi connectivity index (χ0v) is 9.87. The van der Waals surface area contributed by atoms with Crippen LogP contribution in [0.4, 0.5) is 5.69 Å². The van der Waals surface area contributed by atoms with Crippen LogP contribution < -0.4 is 11.1 Å². The van der Waals surface area contributed by atoms with Gasteiger partial charge in [-0.3, -0.25) is 0 Å². The quantitative estimate of drug-likeness (QED) is 0.812. The highest BCUT2D eigenvalue weighted by molar-refractivity contribution is 5.45. The zero-order valence-electron chi connectivity index (χ0n) is 9.87. The molecule has 4 heteroatoms. The molecule has 0 atom stereocenters. The smallest absolute Gasteiger partial charge is 0.131 e. The molecule has 0 amide bonds. The number of aromatic nitrogens is 2. The number of nitrogens with one attached hydrogen (secondary N) is 1. The Hall–Kier alpha value is -1.16. The first-order valence-corrected chi connectivity index (χ1v) is 6.08. The van der Waals surface area contributed by atoms with Crippen molar-refractivity contribution < 1.29 is 0 Å². The van der Waals surface area contributed by atoms with E-state index in [0.29, 0.717) is 12.5 Å². The average molecular weight is 220 g/mol. The fourth-order valence-corrected chi connectivity index (χ4v) is 2.25. The lowest BCUT2D eigenvalue weighted by atomic mass is 10.1. The Morgan fingerprint density at radius 3 is 2.81 bits per heavy atom. The molecule has 0 saturated heterocycles. The molecule has 1 aliphatic carbocycles. The molecule has 1 aromatic heterocycles. The summed E-state index contributed by atoms with van der Waals surface area (Å²) < 4.78 is 0. The topological polar surface area (TPSA) is 63.8 Å². The van der Waals surface area contributed by atoms with Crippen LogP contribution in [0.25, 0.3) is 0 Å². The van der Waals surface area contributed by atoms with Crippen molar-refractivity contribution >= 4 is 5.69 Å². The van der Waals surface area contributed by atoms with Crippen molar-refractivity contribution in [2.45, 2.75) is 38.5 Å². The maximum atomic E-state index is 5.45. The van der Waals surface area contributed by atoms with Gasteiger partial charge in [0.1, 0.15) is 5.82 Å². The molecule has 0 radical (unpaired) electrons. The second kappa shape index (κ2) is 5.25. The van der Waals surface area contributed by atoms with E-state index in [1.54, 1.807) is 0 Å². The molecule has 1 aromatic rings. The molecule has 0 aromatic carbocycles. The molecule has 1 saturated carbocycles. The first-order chi connectivity index (χ1) is 7.81. The summed E-state index contributed by atoms with van der Waals surface area (Å²) in [5.41, 5.74) is 7.49. The highest BCUT2D eigenvalue weighted by atomic mass is 15.0. The Labute approximate surface area is 96.7 Å². The number of nitrogens with zero attached hydrogens (tertiary/aromatic N) is 2. The van der Waals surface area contributed by atoms with Crippen molar-refractivity contribution in [1.82, 2.24) is 9.97 Å². The van der Waals surface area contributed by atoms with Crippen molar-refractivity contribution in [2.24, 2.45) is 5.73 Å². The largest absolute Gasteiger partial charge is 0.381 e. The van der Waals surface area contributed by atoms with E-state index in [9.17, 15) is 0 Å².